The van der Waals surface area contributed by atoms with Gasteiger partial charge in [-0.15, -0.1) is 0 Å². The lowest BCUT2D eigenvalue weighted by Crippen LogP contribution is -2.50. The number of piperidine rings is 1. The molecule has 2 aromatic heterocycles. The number of aromatic amines is 1. The molecule has 33 heavy (non-hydrogen) atoms. The van der Waals surface area contributed by atoms with Crippen LogP contribution >= 0.6 is 0 Å². The van der Waals surface area contributed by atoms with Crippen molar-refractivity contribution in [2.45, 2.75) is 57.2 Å². The number of ether oxygens (including phenoxy) is 1. The Kier molecular flexibility index (Phi) is 6.33. The van der Waals surface area contributed by atoms with E-state index in [2.05, 4.69) is 43.3 Å². The average Bonchev–Trinajstić information content (AvgIpc) is 3.34. The van der Waals surface area contributed by atoms with E-state index >= 15 is 0 Å². The summed E-state index contributed by atoms with van der Waals surface area (Å²) in [6, 6.07) is 7.77. The third-order valence-electron chi connectivity index (χ3n) is 7.20. The first-order valence-corrected chi connectivity index (χ1v) is 12.0. The zero-order valence-corrected chi connectivity index (χ0v) is 19.5. The van der Waals surface area contributed by atoms with Gasteiger partial charge in [-0.2, -0.15) is 20.3 Å². The lowest BCUT2D eigenvalue weighted by atomic mass is 9.96. The van der Waals surface area contributed by atoms with Gasteiger partial charge in [-0.05, 0) is 32.6 Å². The zero-order chi connectivity index (χ0) is 22.8. The quantitative estimate of drug-likeness (QED) is 0.656. The van der Waals surface area contributed by atoms with Crippen molar-refractivity contribution in [2.75, 3.05) is 55.0 Å². The first-order chi connectivity index (χ1) is 16.1. The summed E-state index contributed by atoms with van der Waals surface area (Å²) in [4.78, 5) is 16.9. The Balaban J connectivity index is 1.38. The number of nitrogens with zero attached hydrogens (tertiary/aromatic N) is 7. The third-order valence-corrected chi connectivity index (χ3v) is 7.20. The Morgan fingerprint density at radius 3 is 2.61 bits per heavy atom. The number of nitriles is 1. The monoisotopic (exact) mass is 451 g/mol. The van der Waals surface area contributed by atoms with Crippen LogP contribution in [-0.4, -0.2) is 83.1 Å². The van der Waals surface area contributed by atoms with Crippen LogP contribution < -0.4 is 15.1 Å². The van der Waals surface area contributed by atoms with Gasteiger partial charge in [-0.3, -0.25) is 10.00 Å². The summed E-state index contributed by atoms with van der Waals surface area (Å²) < 4.78 is 5.54. The van der Waals surface area contributed by atoms with Crippen molar-refractivity contribution in [1.29, 1.82) is 5.26 Å². The summed E-state index contributed by atoms with van der Waals surface area (Å²) in [5.74, 6) is 3.15. The molecule has 0 aliphatic carbocycles. The molecule has 2 atom stereocenters. The zero-order valence-electron chi connectivity index (χ0n) is 19.5. The van der Waals surface area contributed by atoms with Gasteiger partial charge < -0.3 is 19.9 Å². The summed E-state index contributed by atoms with van der Waals surface area (Å²) in [6.45, 7) is 5.93. The van der Waals surface area contributed by atoms with E-state index in [0.29, 0.717) is 37.8 Å². The fourth-order valence-electron chi connectivity index (χ4n) is 5.48. The second kappa shape index (κ2) is 9.53. The van der Waals surface area contributed by atoms with E-state index in [1.54, 1.807) is 0 Å². The van der Waals surface area contributed by atoms with Gasteiger partial charge in [-0.1, -0.05) is 0 Å². The summed E-state index contributed by atoms with van der Waals surface area (Å²) in [5, 5.41) is 19.6. The number of aromatic nitrogens is 4. The van der Waals surface area contributed by atoms with E-state index in [-0.39, 0.29) is 0 Å². The normalized spacial score (nSPS) is 25.1. The molecular weight excluding hydrogens is 418 g/mol. The molecule has 5 heterocycles. The summed E-state index contributed by atoms with van der Waals surface area (Å²) in [7, 11) is 2.12. The number of aryl methyl sites for hydroxylation is 1. The minimum Gasteiger partial charge on any atom is -0.378 e. The lowest BCUT2D eigenvalue weighted by molar-refractivity contribution is 0.122. The molecular formula is C23H33N9O. The van der Waals surface area contributed by atoms with Crippen LogP contribution in [0.5, 0.6) is 0 Å². The number of nitrogens with one attached hydrogen (secondary N) is 2. The molecule has 176 valence electrons. The standard InChI is InChI=1S/C23H33N9O/c1-16-12-21(29-28-16)25-20-15-22(31-8-10-33-11-9-31)27-23(26-20)30(2)19-13-17-4-5-18(14-19)32(17)7-3-6-24/h12,15,17-19H,3-5,7-11,13-14H2,1-2H3,(H2,25,26,27,28,29). The van der Waals surface area contributed by atoms with Gasteiger partial charge in [0.25, 0.3) is 0 Å². The fraction of sp³-hybridized carbons (Fsp3) is 0.652. The lowest BCUT2D eigenvalue weighted by Gasteiger charge is -2.42. The molecule has 2 N–H and O–H groups in total. The molecule has 0 amide bonds. The molecule has 10 heteroatoms. The van der Waals surface area contributed by atoms with Crippen molar-refractivity contribution >= 4 is 23.4 Å². The SMILES string of the molecule is Cc1cc(Nc2cc(N3CCOCC3)nc(N(C)C3CC4CCC(C3)N4CCC#N)n2)n[nH]1. The van der Waals surface area contributed by atoms with Crippen LogP contribution in [0.25, 0.3) is 0 Å². The van der Waals surface area contributed by atoms with Crippen LogP contribution in [0, 0.1) is 18.3 Å². The molecule has 2 aromatic rings. The van der Waals surface area contributed by atoms with Crippen LogP contribution in [0.3, 0.4) is 0 Å². The van der Waals surface area contributed by atoms with E-state index in [9.17, 15) is 0 Å². The maximum absolute atomic E-state index is 9.02. The molecule has 5 rings (SSSR count). The maximum Gasteiger partial charge on any atom is 0.229 e. The average molecular weight is 452 g/mol. The summed E-state index contributed by atoms with van der Waals surface area (Å²) >= 11 is 0. The highest BCUT2D eigenvalue weighted by Gasteiger charge is 2.42. The predicted molar refractivity (Wildman–Crippen MR) is 127 cm³/mol. The molecule has 3 aliphatic heterocycles. The Morgan fingerprint density at radius 2 is 1.94 bits per heavy atom. The number of fused-ring (bicyclic) bond motifs is 2. The molecule has 3 fully saturated rings. The van der Waals surface area contributed by atoms with Crippen LogP contribution in [0.15, 0.2) is 12.1 Å². The van der Waals surface area contributed by atoms with Crippen molar-refractivity contribution < 1.29 is 4.74 Å². The van der Waals surface area contributed by atoms with Gasteiger partial charge in [0.2, 0.25) is 5.95 Å². The van der Waals surface area contributed by atoms with E-state index in [0.717, 1.165) is 61.6 Å². The Bertz CT molecular complexity index is 982. The van der Waals surface area contributed by atoms with E-state index in [1.807, 2.05) is 19.1 Å². The van der Waals surface area contributed by atoms with Gasteiger partial charge >= 0.3 is 0 Å². The van der Waals surface area contributed by atoms with Gasteiger partial charge in [0.1, 0.15) is 11.6 Å². The number of rotatable bonds is 7. The van der Waals surface area contributed by atoms with Gasteiger partial charge in [-0.25, -0.2) is 0 Å². The molecule has 0 aromatic carbocycles. The number of H-pyrrole nitrogens is 1. The number of morpholine rings is 1. The maximum atomic E-state index is 9.02. The van der Waals surface area contributed by atoms with E-state index < -0.39 is 0 Å². The van der Waals surface area contributed by atoms with Crippen LogP contribution in [0.1, 0.15) is 37.8 Å². The number of anilines is 4. The van der Waals surface area contributed by atoms with Gasteiger partial charge in [0.15, 0.2) is 5.82 Å². The smallest absolute Gasteiger partial charge is 0.229 e. The van der Waals surface area contributed by atoms with E-state index in [4.69, 9.17) is 20.0 Å². The minimum atomic E-state index is 0.390. The molecule has 3 aliphatic rings. The molecule has 0 saturated carbocycles. The van der Waals surface area contributed by atoms with Crippen molar-refractivity contribution in [3.05, 3.63) is 17.8 Å². The Hall–Kier alpha value is -2.90. The molecule has 3 saturated heterocycles. The Morgan fingerprint density at radius 1 is 1.18 bits per heavy atom. The third kappa shape index (κ3) is 4.75. The first kappa shape index (κ1) is 21.9. The second-order valence-corrected chi connectivity index (χ2v) is 9.34. The van der Waals surface area contributed by atoms with E-state index in [1.165, 1.54) is 12.8 Å². The first-order valence-electron chi connectivity index (χ1n) is 12.0. The highest BCUT2D eigenvalue weighted by Crippen LogP contribution is 2.38. The highest BCUT2D eigenvalue weighted by atomic mass is 16.5. The number of hydrogen-bond donors (Lipinski definition) is 2. The van der Waals surface area contributed by atoms with Crippen LogP contribution in [-0.2, 0) is 4.74 Å². The van der Waals surface area contributed by atoms with Gasteiger partial charge in [0.05, 0.1) is 19.3 Å². The molecule has 0 radical (unpaired) electrons. The molecule has 10 nitrogen and oxygen atoms in total. The van der Waals surface area contributed by atoms with Crippen molar-refractivity contribution in [1.82, 2.24) is 25.1 Å². The highest BCUT2D eigenvalue weighted by molar-refractivity contribution is 5.60. The van der Waals surface area contributed by atoms with Crippen molar-refractivity contribution in [3.8, 4) is 6.07 Å². The van der Waals surface area contributed by atoms with Gasteiger partial charge in [0, 0.05) is 69.1 Å². The number of hydrogen-bond acceptors (Lipinski definition) is 9. The largest absolute Gasteiger partial charge is 0.378 e. The van der Waals surface area contributed by atoms with Crippen LogP contribution in [0.2, 0.25) is 0 Å². The van der Waals surface area contributed by atoms with Crippen molar-refractivity contribution in [2.24, 2.45) is 0 Å². The second-order valence-electron chi connectivity index (χ2n) is 9.34. The molecule has 2 bridgehead atoms. The minimum absolute atomic E-state index is 0.390. The van der Waals surface area contributed by atoms with Crippen molar-refractivity contribution in [3.63, 3.8) is 0 Å². The predicted octanol–water partition coefficient (Wildman–Crippen LogP) is 2.43. The molecule has 2 unspecified atom stereocenters. The Labute approximate surface area is 194 Å². The summed E-state index contributed by atoms with van der Waals surface area (Å²) in [5.41, 5.74) is 0.996. The fourth-order valence-corrected chi connectivity index (χ4v) is 5.48. The van der Waals surface area contributed by atoms with Crippen LogP contribution in [0.4, 0.5) is 23.4 Å². The molecule has 0 spiro atoms. The topological polar surface area (TPSA) is 109 Å². The summed E-state index contributed by atoms with van der Waals surface area (Å²) in [6.07, 6.45) is 5.23.